The van der Waals surface area contributed by atoms with Gasteiger partial charge in [-0.2, -0.15) is 0 Å². The lowest BCUT2D eigenvalue weighted by Crippen LogP contribution is -2.44. The van der Waals surface area contributed by atoms with Crippen molar-refractivity contribution in [2.24, 2.45) is 0 Å². The van der Waals surface area contributed by atoms with Gasteiger partial charge < -0.3 is 9.80 Å². The second-order valence-corrected chi connectivity index (χ2v) is 8.88. The highest BCUT2D eigenvalue weighted by Gasteiger charge is 2.19. The maximum atomic E-state index is 6.57. The minimum atomic E-state index is 0.674. The number of benzene rings is 1. The average molecular weight is 464 g/mol. The van der Waals surface area contributed by atoms with Gasteiger partial charge in [0.15, 0.2) is 0 Å². The summed E-state index contributed by atoms with van der Waals surface area (Å²) >= 11 is 6.57. The molecule has 1 saturated heterocycles. The average Bonchev–Trinajstić information content (AvgIpc) is 2.81. The molecule has 0 amide bonds. The normalized spacial score (nSPS) is 13.9. The van der Waals surface area contributed by atoms with Crippen molar-refractivity contribution in [1.29, 1.82) is 0 Å². The number of pyridine rings is 1. The van der Waals surface area contributed by atoms with Crippen molar-refractivity contribution in [3.8, 4) is 0 Å². The Kier molecular flexibility index (Phi) is 9.99. The fourth-order valence-corrected chi connectivity index (χ4v) is 3.87. The van der Waals surface area contributed by atoms with Crippen molar-refractivity contribution in [2.45, 2.75) is 40.5 Å². The Labute approximate surface area is 205 Å². The van der Waals surface area contributed by atoms with Crippen molar-refractivity contribution in [2.75, 3.05) is 26.2 Å². The Balaban J connectivity index is 0.000000890. The molecule has 2 heterocycles. The van der Waals surface area contributed by atoms with Crippen LogP contribution in [0.5, 0.6) is 0 Å². The molecule has 1 aromatic heterocycles. The van der Waals surface area contributed by atoms with E-state index in [9.17, 15) is 0 Å². The van der Waals surface area contributed by atoms with E-state index in [0.717, 1.165) is 70.9 Å². The number of piperazine rings is 1. The van der Waals surface area contributed by atoms with Gasteiger partial charge in [0, 0.05) is 48.5 Å². The zero-order valence-electron chi connectivity index (χ0n) is 20.8. The highest BCUT2D eigenvalue weighted by atomic mass is 35.5. The van der Waals surface area contributed by atoms with Gasteiger partial charge >= 0.3 is 0 Å². The van der Waals surface area contributed by atoms with Gasteiger partial charge in [-0.3, -0.25) is 0 Å². The maximum Gasteiger partial charge on any atom is 0.0731 e. The first-order valence-corrected chi connectivity index (χ1v) is 12.0. The number of allylic oxidation sites excluding steroid dienone is 5. The summed E-state index contributed by atoms with van der Waals surface area (Å²) in [5.41, 5.74) is 6.70. The molecule has 33 heavy (non-hydrogen) atoms. The summed E-state index contributed by atoms with van der Waals surface area (Å²) in [5.74, 6) is 0. The van der Waals surface area contributed by atoms with Crippen LogP contribution < -0.4 is 0 Å². The van der Waals surface area contributed by atoms with Crippen LogP contribution in [-0.2, 0) is 0 Å². The Hall–Kier alpha value is -2.78. The molecule has 176 valence electrons. The van der Waals surface area contributed by atoms with Crippen LogP contribution in [0, 0.1) is 0 Å². The molecule has 0 bridgehead atoms. The minimum absolute atomic E-state index is 0.674. The minimum Gasteiger partial charge on any atom is -0.372 e. The molecule has 0 aliphatic carbocycles. The monoisotopic (exact) mass is 463 g/mol. The highest BCUT2D eigenvalue weighted by Crippen LogP contribution is 2.31. The van der Waals surface area contributed by atoms with Gasteiger partial charge in [-0.05, 0) is 37.1 Å². The van der Waals surface area contributed by atoms with Gasteiger partial charge in [-0.1, -0.05) is 88.9 Å². The second-order valence-electron chi connectivity index (χ2n) is 8.47. The Morgan fingerprint density at radius 1 is 1.00 bits per heavy atom. The van der Waals surface area contributed by atoms with E-state index in [1.807, 2.05) is 25.1 Å². The zero-order valence-corrected chi connectivity index (χ0v) is 21.5. The zero-order chi connectivity index (χ0) is 24.5. The molecule has 3 nitrogen and oxygen atoms in total. The first kappa shape index (κ1) is 26.5. The standard InChI is InChI=1S/C25H28ClN3.C4H10/c1-7-8-21(17(2)3)25-16-23(26)22-10-9-20(15-24(22)27-25)19(6)29-13-11-28(12-14-29)18(4)5;1-3-4-2/h7-10,15-16H,1-2,4,6,11-14H2,3,5H3;3-4H2,1-2H3/b21-8+;. The molecule has 0 radical (unpaired) electrons. The van der Waals surface area contributed by atoms with Crippen molar-refractivity contribution >= 4 is 33.8 Å². The fraction of sp³-hybridized carbons (Fsp3) is 0.345. The molecule has 0 unspecified atom stereocenters. The topological polar surface area (TPSA) is 19.4 Å². The lowest BCUT2D eigenvalue weighted by molar-refractivity contribution is 0.215. The maximum absolute atomic E-state index is 6.57. The van der Waals surface area contributed by atoms with E-state index in [1.54, 1.807) is 6.08 Å². The van der Waals surface area contributed by atoms with E-state index >= 15 is 0 Å². The number of nitrogens with zero attached hydrogens (tertiary/aromatic N) is 3. The summed E-state index contributed by atoms with van der Waals surface area (Å²) < 4.78 is 0. The largest absolute Gasteiger partial charge is 0.372 e. The van der Waals surface area contributed by atoms with E-state index in [4.69, 9.17) is 16.6 Å². The summed E-state index contributed by atoms with van der Waals surface area (Å²) in [6.07, 6.45) is 6.29. The van der Waals surface area contributed by atoms with Crippen LogP contribution in [-0.4, -0.2) is 41.0 Å². The van der Waals surface area contributed by atoms with Gasteiger partial charge in [0.2, 0.25) is 0 Å². The van der Waals surface area contributed by atoms with Crippen LogP contribution in [0.25, 0.3) is 22.2 Å². The lowest BCUT2D eigenvalue weighted by Gasteiger charge is -2.38. The van der Waals surface area contributed by atoms with Gasteiger partial charge in [0.1, 0.15) is 0 Å². The molecular weight excluding hydrogens is 426 g/mol. The first-order valence-electron chi connectivity index (χ1n) is 11.7. The third-order valence-corrected chi connectivity index (χ3v) is 6.13. The van der Waals surface area contributed by atoms with Crippen molar-refractivity contribution in [1.82, 2.24) is 14.8 Å². The van der Waals surface area contributed by atoms with E-state index in [2.05, 4.69) is 69.0 Å². The molecule has 1 aliphatic heterocycles. The van der Waals surface area contributed by atoms with E-state index < -0.39 is 0 Å². The van der Waals surface area contributed by atoms with Gasteiger partial charge in [-0.15, -0.1) is 0 Å². The second kappa shape index (κ2) is 12.5. The fourth-order valence-electron chi connectivity index (χ4n) is 3.61. The van der Waals surface area contributed by atoms with Crippen LogP contribution >= 0.6 is 11.6 Å². The van der Waals surface area contributed by atoms with Crippen molar-refractivity contribution in [3.63, 3.8) is 0 Å². The van der Waals surface area contributed by atoms with E-state index in [1.165, 1.54) is 12.8 Å². The predicted octanol–water partition coefficient (Wildman–Crippen LogP) is 7.96. The third kappa shape index (κ3) is 6.85. The number of halogens is 1. The molecular formula is C29H38ClN3. The molecule has 0 saturated carbocycles. The van der Waals surface area contributed by atoms with Crippen molar-refractivity contribution < 1.29 is 0 Å². The molecule has 4 heteroatoms. The summed E-state index contributed by atoms with van der Waals surface area (Å²) in [6, 6.07) is 8.06. The van der Waals surface area contributed by atoms with Crippen LogP contribution in [0.4, 0.5) is 0 Å². The Bertz CT molecular complexity index is 1050. The molecule has 1 fully saturated rings. The molecule has 2 aromatic rings. The van der Waals surface area contributed by atoms with Crippen LogP contribution in [0.3, 0.4) is 0 Å². The summed E-state index contributed by atoms with van der Waals surface area (Å²) in [5, 5.41) is 1.60. The molecule has 0 N–H and O–H groups in total. The number of fused-ring (bicyclic) bond motifs is 1. The van der Waals surface area contributed by atoms with Gasteiger partial charge in [-0.25, -0.2) is 4.98 Å². The van der Waals surface area contributed by atoms with Crippen molar-refractivity contribution in [3.05, 3.63) is 90.3 Å². The van der Waals surface area contributed by atoms with Crippen LogP contribution in [0.2, 0.25) is 5.02 Å². The lowest BCUT2D eigenvalue weighted by atomic mass is 10.0. The third-order valence-electron chi connectivity index (χ3n) is 5.81. The van der Waals surface area contributed by atoms with E-state index in [-0.39, 0.29) is 0 Å². The Morgan fingerprint density at radius 3 is 2.12 bits per heavy atom. The number of hydrogen-bond acceptors (Lipinski definition) is 3. The summed E-state index contributed by atoms with van der Waals surface area (Å²) in [4.78, 5) is 9.49. The SMILES string of the molecule is C=C/C=C(\C(=C)C)c1cc(Cl)c2ccc(C(=C)N3CCN(C(=C)C)CC3)cc2n1.CCCC. The predicted molar refractivity (Wildman–Crippen MR) is 147 cm³/mol. The summed E-state index contributed by atoms with van der Waals surface area (Å²) in [6.45, 7) is 28.4. The van der Waals surface area contributed by atoms with Gasteiger partial charge in [0.05, 0.1) is 16.2 Å². The molecule has 1 aliphatic rings. The van der Waals surface area contributed by atoms with Crippen LogP contribution in [0.15, 0.2) is 74.0 Å². The number of rotatable bonds is 7. The smallest absolute Gasteiger partial charge is 0.0731 e. The quantitative estimate of drug-likeness (QED) is 0.388. The number of unbranched alkanes of at least 4 members (excludes halogenated alkanes) is 1. The molecule has 0 atom stereocenters. The Morgan fingerprint density at radius 2 is 1.61 bits per heavy atom. The number of hydrogen-bond donors (Lipinski definition) is 0. The first-order chi connectivity index (χ1) is 15.7. The highest BCUT2D eigenvalue weighted by molar-refractivity contribution is 6.35. The molecule has 3 rings (SSSR count). The molecule has 1 aromatic carbocycles. The van der Waals surface area contributed by atoms with Gasteiger partial charge in [0.25, 0.3) is 0 Å². The van der Waals surface area contributed by atoms with Crippen LogP contribution in [0.1, 0.15) is 51.8 Å². The number of aromatic nitrogens is 1. The molecule has 0 spiro atoms. The van der Waals surface area contributed by atoms with E-state index in [0.29, 0.717) is 5.02 Å². The summed E-state index contributed by atoms with van der Waals surface area (Å²) in [7, 11) is 0.